The van der Waals surface area contributed by atoms with Gasteiger partial charge >= 0.3 is 5.97 Å². The van der Waals surface area contributed by atoms with Crippen LogP contribution in [0, 0.1) is 23.7 Å². The average molecular weight is 399 g/mol. The summed E-state index contributed by atoms with van der Waals surface area (Å²) >= 11 is 1.19. The molecule has 1 amide bonds. The number of hydrogen-bond donors (Lipinski definition) is 1. The second-order valence-electron chi connectivity index (χ2n) is 7.38. The van der Waals surface area contributed by atoms with Crippen LogP contribution in [0.2, 0.25) is 0 Å². The molecule has 0 aromatic carbocycles. The molecule has 2 heterocycles. The number of nitrogens with zero attached hydrogens (tertiary/aromatic N) is 2. The standard InChI is InChI=1S/C17H22N2O5S2/c20-16(14-11-3-4-12(10-11)15(14)17(21)22)18-5-7-19(8-6-18)26(23,24)13-2-1-9-25-13/h1-2,9,11-12,14-15H,3-8,10H2,(H,21,22)/t11-,12-,14-,15+/m0/s1. The fourth-order valence-corrected chi connectivity index (χ4v) is 7.47. The Balaban J connectivity index is 1.43. The van der Waals surface area contributed by atoms with E-state index in [4.69, 9.17) is 0 Å². The SMILES string of the molecule is O=C(O)[C@@H]1[C@H]2CC[C@@H](C2)[C@@H]1C(=O)N1CCN(S(=O)(=O)c2cccs2)CC1. The molecule has 4 rings (SSSR count). The Bertz CT molecular complexity index is 799. The first-order chi connectivity index (χ1) is 12.4. The molecule has 1 aromatic heterocycles. The lowest BCUT2D eigenvalue weighted by atomic mass is 9.78. The number of hydrogen-bond acceptors (Lipinski definition) is 5. The van der Waals surface area contributed by atoms with Crippen molar-refractivity contribution in [1.82, 2.24) is 9.21 Å². The first-order valence-electron chi connectivity index (χ1n) is 8.95. The molecule has 1 aliphatic heterocycles. The van der Waals surface area contributed by atoms with Crippen molar-refractivity contribution >= 4 is 33.2 Å². The number of carboxylic acids is 1. The number of carboxylic acid groups (broad SMARTS) is 1. The largest absolute Gasteiger partial charge is 0.481 e. The van der Waals surface area contributed by atoms with E-state index in [0.29, 0.717) is 17.3 Å². The third-order valence-electron chi connectivity index (χ3n) is 6.13. The summed E-state index contributed by atoms with van der Waals surface area (Å²) < 4.78 is 26.9. The number of carbonyl (C=O) groups is 2. The monoisotopic (exact) mass is 398 g/mol. The predicted molar refractivity (Wildman–Crippen MR) is 95.1 cm³/mol. The molecular formula is C17H22N2O5S2. The second-order valence-corrected chi connectivity index (χ2v) is 10.5. The minimum atomic E-state index is -3.50. The molecule has 7 nitrogen and oxygen atoms in total. The van der Waals surface area contributed by atoms with Gasteiger partial charge in [0.05, 0.1) is 11.8 Å². The highest BCUT2D eigenvalue weighted by molar-refractivity contribution is 7.91. The van der Waals surface area contributed by atoms with E-state index < -0.39 is 27.8 Å². The molecular weight excluding hydrogens is 376 g/mol. The van der Waals surface area contributed by atoms with Crippen LogP contribution in [0.25, 0.3) is 0 Å². The molecule has 0 radical (unpaired) electrons. The first kappa shape index (κ1) is 17.9. The number of piperazine rings is 1. The number of thiophene rings is 1. The molecule has 3 fully saturated rings. The van der Waals surface area contributed by atoms with Gasteiger partial charge in [-0.15, -0.1) is 11.3 Å². The maximum Gasteiger partial charge on any atom is 0.307 e. The number of amides is 1. The molecule has 142 valence electrons. The van der Waals surface area contributed by atoms with Gasteiger partial charge in [0.1, 0.15) is 4.21 Å². The quantitative estimate of drug-likeness (QED) is 0.826. The van der Waals surface area contributed by atoms with Gasteiger partial charge in [0.2, 0.25) is 5.91 Å². The Labute approximate surface area is 156 Å². The van der Waals surface area contributed by atoms with Crippen molar-refractivity contribution in [2.75, 3.05) is 26.2 Å². The summed E-state index contributed by atoms with van der Waals surface area (Å²) in [5.74, 6) is -1.69. The highest BCUT2D eigenvalue weighted by Gasteiger charge is 2.55. The number of fused-ring (bicyclic) bond motifs is 2. The summed E-state index contributed by atoms with van der Waals surface area (Å²) in [7, 11) is -3.50. The van der Waals surface area contributed by atoms with Gasteiger partial charge in [-0.3, -0.25) is 9.59 Å². The van der Waals surface area contributed by atoms with E-state index in [-0.39, 0.29) is 30.8 Å². The summed E-state index contributed by atoms with van der Waals surface area (Å²) in [5.41, 5.74) is 0. The van der Waals surface area contributed by atoms with Crippen LogP contribution in [-0.4, -0.2) is 60.8 Å². The van der Waals surface area contributed by atoms with Crippen molar-refractivity contribution in [3.63, 3.8) is 0 Å². The molecule has 1 saturated heterocycles. The van der Waals surface area contributed by atoms with Gasteiger partial charge in [-0.25, -0.2) is 8.42 Å². The van der Waals surface area contributed by atoms with Gasteiger partial charge < -0.3 is 10.0 Å². The van der Waals surface area contributed by atoms with Gasteiger partial charge in [0, 0.05) is 26.2 Å². The van der Waals surface area contributed by atoms with Gasteiger partial charge in [-0.1, -0.05) is 6.07 Å². The van der Waals surface area contributed by atoms with Crippen LogP contribution in [0.5, 0.6) is 0 Å². The van der Waals surface area contributed by atoms with E-state index in [1.165, 1.54) is 15.6 Å². The predicted octanol–water partition coefficient (Wildman–Crippen LogP) is 1.33. The van der Waals surface area contributed by atoms with Crippen LogP contribution in [-0.2, 0) is 19.6 Å². The van der Waals surface area contributed by atoms with Gasteiger partial charge in [0.25, 0.3) is 10.0 Å². The van der Waals surface area contributed by atoms with Crippen molar-refractivity contribution in [1.29, 1.82) is 0 Å². The van der Waals surface area contributed by atoms with Crippen molar-refractivity contribution < 1.29 is 23.1 Å². The third kappa shape index (κ3) is 2.86. The number of sulfonamides is 1. The minimum absolute atomic E-state index is 0.0993. The maximum atomic E-state index is 13.0. The first-order valence-corrected chi connectivity index (χ1v) is 11.3. The number of rotatable bonds is 4. The summed E-state index contributed by atoms with van der Waals surface area (Å²) in [6.45, 7) is 1.16. The lowest BCUT2D eigenvalue weighted by Crippen LogP contribution is -2.53. The summed E-state index contributed by atoms with van der Waals surface area (Å²) in [6.07, 6.45) is 2.66. The second kappa shape index (κ2) is 6.61. The zero-order valence-corrected chi connectivity index (χ0v) is 15.9. The smallest absolute Gasteiger partial charge is 0.307 e. The minimum Gasteiger partial charge on any atom is -0.481 e. The molecule has 3 aliphatic rings. The molecule has 9 heteroatoms. The van der Waals surface area contributed by atoms with Crippen LogP contribution in [0.3, 0.4) is 0 Å². The van der Waals surface area contributed by atoms with Crippen molar-refractivity contribution in [2.24, 2.45) is 23.7 Å². The Morgan fingerprint density at radius 1 is 1.08 bits per heavy atom. The summed E-state index contributed by atoms with van der Waals surface area (Å²) in [5, 5.41) is 11.3. The molecule has 1 aromatic rings. The molecule has 1 N–H and O–H groups in total. The van der Waals surface area contributed by atoms with Crippen LogP contribution < -0.4 is 0 Å². The van der Waals surface area contributed by atoms with E-state index >= 15 is 0 Å². The fourth-order valence-electron chi connectivity index (χ4n) is 4.90. The number of carbonyl (C=O) groups excluding carboxylic acids is 1. The van der Waals surface area contributed by atoms with Gasteiger partial charge in [-0.05, 0) is 42.5 Å². The van der Waals surface area contributed by atoms with E-state index in [9.17, 15) is 23.1 Å². The third-order valence-corrected chi connectivity index (χ3v) is 9.40. The molecule has 2 saturated carbocycles. The van der Waals surface area contributed by atoms with Crippen molar-refractivity contribution in [2.45, 2.75) is 23.5 Å². The normalized spacial score (nSPS) is 32.1. The van der Waals surface area contributed by atoms with E-state index in [1.807, 2.05) is 0 Å². The maximum absolute atomic E-state index is 13.0. The summed E-state index contributed by atoms with van der Waals surface area (Å²) in [6, 6.07) is 3.29. The fraction of sp³-hybridized carbons (Fsp3) is 0.647. The topological polar surface area (TPSA) is 95.0 Å². The molecule has 0 unspecified atom stereocenters. The highest BCUT2D eigenvalue weighted by atomic mass is 32.2. The summed E-state index contributed by atoms with van der Waals surface area (Å²) in [4.78, 5) is 26.3. The van der Waals surface area contributed by atoms with E-state index in [2.05, 4.69) is 0 Å². The Morgan fingerprint density at radius 3 is 2.31 bits per heavy atom. The lowest BCUT2D eigenvalue weighted by molar-refractivity contribution is -0.153. The lowest BCUT2D eigenvalue weighted by Gasteiger charge is -2.37. The van der Waals surface area contributed by atoms with Crippen LogP contribution in [0.15, 0.2) is 21.7 Å². The zero-order valence-electron chi connectivity index (χ0n) is 14.3. The Morgan fingerprint density at radius 2 is 1.73 bits per heavy atom. The van der Waals surface area contributed by atoms with E-state index in [1.54, 1.807) is 22.4 Å². The van der Waals surface area contributed by atoms with Gasteiger partial charge in [-0.2, -0.15) is 4.31 Å². The van der Waals surface area contributed by atoms with E-state index in [0.717, 1.165) is 19.3 Å². The number of aliphatic carboxylic acids is 1. The highest BCUT2D eigenvalue weighted by Crippen LogP contribution is 2.53. The zero-order chi connectivity index (χ0) is 18.5. The van der Waals surface area contributed by atoms with Crippen molar-refractivity contribution in [3.05, 3.63) is 17.5 Å². The van der Waals surface area contributed by atoms with Gasteiger partial charge in [0.15, 0.2) is 0 Å². The van der Waals surface area contributed by atoms with Crippen LogP contribution in [0.4, 0.5) is 0 Å². The molecule has 0 spiro atoms. The molecule has 26 heavy (non-hydrogen) atoms. The Kier molecular flexibility index (Phi) is 4.56. The van der Waals surface area contributed by atoms with Crippen LogP contribution >= 0.6 is 11.3 Å². The Hall–Kier alpha value is -1.45. The van der Waals surface area contributed by atoms with Crippen LogP contribution in [0.1, 0.15) is 19.3 Å². The molecule has 2 bridgehead atoms. The molecule has 4 atom stereocenters. The van der Waals surface area contributed by atoms with Crippen molar-refractivity contribution in [3.8, 4) is 0 Å². The average Bonchev–Trinajstić information content (AvgIpc) is 3.37. The molecule has 2 aliphatic carbocycles.